The standard InChI is InChI=1S/C11H19NO2/c1-8-5-6-10-9(7-8)3-2-4-11(10)12(13)14/h8-11H,2-7H2,1H3. The first kappa shape index (κ1) is 9.94. The van der Waals surface area contributed by atoms with E-state index in [2.05, 4.69) is 6.92 Å². The number of fused-ring (bicyclic) bond motifs is 1. The van der Waals surface area contributed by atoms with Crippen LogP contribution in [0.2, 0.25) is 0 Å². The van der Waals surface area contributed by atoms with Crippen LogP contribution in [0.1, 0.15) is 45.4 Å². The molecule has 0 bridgehead atoms. The summed E-state index contributed by atoms with van der Waals surface area (Å²) in [4.78, 5) is 10.9. The third-order valence-electron chi connectivity index (χ3n) is 4.14. The second kappa shape index (κ2) is 3.87. The largest absolute Gasteiger partial charge is 0.264 e. The molecule has 0 radical (unpaired) electrons. The van der Waals surface area contributed by atoms with Crippen LogP contribution in [0.5, 0.6) is 0 Å². The van der Waals surface area contributed by atoms with Gasteiger partial charge in [0, 0.05) is 17.3 Å². The summed E-state index contributed by atoms with van der Waals surface area (Å²) in [7, 11) is 0. The van der Waals surface area contributed by atoms with Gasteiger partial charge in [-0.3, -0.25) is 10.1 Å². The summed E-state index contributed by atoms with van der Waals surface area (Å²) in [5, 5.41) is 10.9. The lowest BCUT2D eigenvalue weighted by atomic mass is 9.66. The van der Waals surface area contributed by atoms with Crippen LogP contribution in [-0.2, 0) is 0 Å². The number of hydrogen-bond acceptors (Lipinski definition) is 2. The topological polar surface area (TPSA) is 43.1 Å². The highest BCUT2D eigenvalue weighted by atomic mass is 16.6. The third kappa shape index (κ3) is 1.77. The van der Waals surface area contributed by atoms with Crippen LogP contribution in [0.3, 0.4) is 0 Å². The SMILES string of the molecule is CC1CCC2C(CCCC2[N+](=O)[O-])C1. The number of nitrogens with zero attached hydrogens (tertiary/aromatic N) is 1. The highest BCUT2D eigenvalue weighted by Gasteiger charge is 2.42. The molecule has 2 saturated carbocycles. The minimum Gasteiger partial charge on any atom is -0.264 e. The Bertz CT molecular complexity index is 229. The molecule has 0 saturated heterocycles. The van der Waals surface area contributed by atoms with Crippen LogP contribution < -0.4 is 0 Å². The van der Waals surface area contributed by atoms with E-state index in [4.69, 9.17) is 0 Å². The van der Waals surface area contributed by atoms with Gasteiger partial charge >= 0.3 is 0 Å². The van der Waals surface area contributed by atoms with E-state index in [1.54, 1.807) is 0 Å². The van der Waals surface area contributed by atoms with Crippen LogP contribution in [0, 0.1) is 27.9 Å². The van der Waals surface area contributed by atoms with Crippen molar-refractivity contribution in [3.63, 3.8) is 0 Å². The summed E-state index contributed by atoms with van der Waals surface area (Å²) in [5.41, 5.74) is 0. The van der Waals surface area contributed by atoms with Gasteiger partial charge in [0.2, 0.25) is 6.04 Å². The van der Waals surface area contributed by atoms with Gasteiger partial charge in [0.1, 0.15) is 0 Å². The summed E-state index contributed by atoms with van der Waals surface area (Å²) in [6, 6.07) is -0.221. The third-order valence-corrected chi connectivity index (χ3v) is 4.14. The van der Waals surface area contributed by atoms with E-state index in [-0.39, 0.29) is 11.0 Å². The molecule has 4 unspecified atom stereocenters. The van der Waals surface area contributed by atoms with Gasteiger partial charge < -0.3 is 0 Å². The van der Waals surface area contributed by atoms with Crippen molar-refractivity contribution >= 4 is 0 Å². The molecule has 3 nitrogen and oxygen atoms in total. The maximum atomic E-state index is 10.9. The Kier molecular flexibility index (Phi) is 2.75. The van der Waals surface area contributed by atoms with Crippen molar-refractivity contribution < 1.29 is 4.92 Å². The van der Waals surface area contributed by atoms with Crippen LogP contribution in [0.4, 0.5) is 0 Å². The molecule has 0 amide bonds. The Morgan fingerprint density at radius 3 is 2.71 bits per heavy atom. The molecule has 2 aliphatic rings. The van der Waals surface area contributed by atoms with Crippen LogP contribution in [0.15, 0.2) is 0 Å². The predicted molar refractivity (Wildman–Crippen MR) is 54.6 cm³/mol. The van der Waals surface area contributed by atoms with Gasteiger partial charge in [0.05, 0.1) is 0 Å². The monoisotopic (exact) mass is 197 g/mol. The van der Waals surface area contributed by atoms with Crippen molar-refractivity contribution in [2.75, 3.05) is 0 Å². The van der Waals surface area contributed by atoms with Crippen molar-refractivity contribution in [2.24, 2.45) is 17.8 Å². The summed E-state index contributed by atoms with van der Waals surface area (Å²) in [6.45, 7) is 2.28. The van der Waals surface area contributed by atoms with E-state index in [0.717, 1.165) is 25.2 Å². The smallest absolute Gasteiger partial charge is 0.216 e. The Balaban J connectivity index is 2.06. The molecule has 0 aromatic heterocycles. The number of hydrogen-bond donors (Lipinski definition) is 0. The molecule has 0 aromatic carbocycles. The maximum Gasteiger partial charge on any atom is 0.216 e. The molecule has 0 N–H and O–H groups in total. The van der Waals surface area contributed by atoms with Gasteiger partial charge in [-0.2, -0.15) is 0 Å². The van der Waals surface area contributed by atoms with E-state index in [9.17, 15) is 10.1 Å². The van der Waals surface area contributed by atoms with Crippen molar-refractivity contribution in [2.45, 2.75) is 51.5 Å². The minimum atomic E-state index is -0.221. The molecule has 0 spiro atoms. The van der Waals surface area contributed by atoms with Gasteiger partial charge in [-0.1, -0.05) is 13.3 Å². The quantitative estimate of drug-likeness (QED) is 0.479. The van der Waals surface area contributed by atoms with E-state index in [0.29, 0.717) is 11.8 Å². The fraction of sp³-hybridized carbons (Fsp3) is 1.00. The highest BCUT2D eigenvalue weighted by molar-refractivity contribution is 4.87. The van der Waals surface area contributed by atoms with Gasteiger partial charge in [-0.25, -0.2) is 0 Å². The first-order chi connectivity index (χ1) is 6.68. The van der Waals surface area contributed by atoms with Crippen molar-refractivity contribution in [1.82, 2.24) is 0 Å². The summed E-state index contributed by atoms with van der Waals surface area (Å²) < 4.78 is 0. The average Bonchev–Trinajstić information content (AvgIpc) is 2.16. The second-order valence-electron chi connectivity index (χ2n) is 5.13. The zero-order valence-electron chi connectivity index (χ0n) is 8.82. The fourth-order valence-electron chi connectivity index (χ4n) is 3.43. The molecular weight excluding hydrogens is 178 g/mol. The lowest BCUT2D eigenvalue weighted by molar-refractivity contribution is -0.539. The van der Waals surface area contributed by atoms with Crippen LogP contribution in [0.25, 0.3) is 0 Å². The summed E-state index contributed by atoms with van der Waals surface area (Å²) >= 11 is 0. The lowest BCUT2D eigenvalue weighted by Gasteiger charge is -2.39. The van der Waals surface area contributed by atoms with Gasteiger partial charge in [-0.15, -0.1) is 0 Å². The lowest BCUT2D eigenvalue weighted by Crippen LogP contribution is -2.40. The molecule has 2 rings (SSSR count). The van der Waals surface area contributed by atoms with Gasteiger partial charge in [0.15, 0.2) is 0 Å². The number of rotatable bonds is 1. The van der Waals surface area contributed by atoms with Crippen LogP contribution in [-0.4, -0.2) is 11.0 Å². The van der Waals surface area contributed by atoms with Gasteiger partial charge in [0.25, 0.3) is 0 Å². The van der Waals surface area contributed by atoms with Crippen molar-refractivity contribution in [1.29, 1.82) is 0 Å². The van der Waals surface area contributed by atoms with Crippen molar-refractivity contribution in [3.8, 4) is 0 Å². The molecular formula is C11H19NO2. The Hall–Kier alpha value is -0.600. The van der Waals surface area contributed by atoms with Gasteiger partial charge in [-0.05, 0) is 37.5 Å². The summed E-state index contributed by atoms with van der Waals surface area (Å²) in [5.74, 6) is 1.85. The maximum absolute atomic E-state index is 10.9. The second-order valence-corrected chi connectivity index (χ2v) is 5.13. The predicted octanol–water partition coefficient (Wildman–Crippen LogP) is 2.87. The molecule has 14 heavy (non-hydrogen) atoms. The highest BCUT2D eigenvalue weighted by Crippen LogP contribution is 2.43. The minimum absolute atomic E-state index is 0.0210. The van der Waals surface area contributed by atoms with Crippen molar-refractivity contribution in [3.05, 3.63) is 10.1 Å². The molecule has 2 aliphatic carbocycles. The zero-order valence-corrected chi connectivity index (χ0v) is 8.82. The van der Waals surface area contributed by atoms with E-state index < -0.39 is 0 Å². The molecule has 0 aliphatic heterocycles. The van der Waals surface area contributed by atoms with E-state index in [1.807, 2.05) is 0 Å². The average molecular weight is 197 g/mol. The van der Waals surface area contributed by atoms with E-state index >= 15 is 0 Å². The van der Waals surface area contributed by atoms with E-state index in [1.165, 1.54) is 19.3 Å². The molecule has 4 atom stereocenters. The Morgan fingerprint density at radius 1 is 1.21 bits per heavy atom. The molecule has 2 fully saturated rings. The van der Waals surface area contributed by atoms with Crippen LogP contribution >= 0.6 is 0 Å². The molecule has 0 aromatic rings. The first-order valence-electron chi connectivity index (χ1n) is 5.82. The number of nitro groups is 1. The zero-order chi connectivity index (χ0) is 10.1. The molecule has 0 heterocycles. The normalized spacial score (nSPS) is 42.9. The summed E-state index contributed by atoms with van der Waals surface area (Å²) in [6.07, 6.45) is 6.65. The fourth-order valence-corrected chi connectivity index (χ4v) is 3.43. The molecule has 3 heteroatoms. The Labute approximate surface area is 85.0 Å². The first-order valence-corrected chi connectivity index (χ1v) is 5.82. The Morgan fingerprint density at radius 2 is 2.00 bits per heavy atom. The molecule has 80 valence electrons.